The molecule has 0 atom stereocenters. The number of benzene rings is 1. The van der Waals surface area contributed by atoms with Crippen molar-refractivity contribution in [2.24, 2.45) is 0 Å². The molecule has 0 unspecified atom stereocenters. The highest BCUT2D eigenvalue weighted by molar-refractivity contribution is 7.21. The molecule has 8 heteroatoms. The van der Waals surface area contributed by atoms with Gasteiger partial charge in [-0.2, -0.15) is 0 Å². The summed E-state index contributed by atoms with van der Waals surface area (Å²) in [5.41, 5.74) is 12.7. The lowest BCUT2D eigenvalue weighted by atomic mass is 9.88. The predicted molar refractivity (Wildman–Crippen MR) is 137 cm³/mol. The average Bonchev–Trinajstić information content (AvgIpc) is 3.39. The van der Waals surface area contributed by atoms with Crippen molar-refractivity contribution in [3.63, 3.8) is 0 Å². The topological polar surface area (TPSA) is 94.3 Å². The maximum atomic E-state index is 13.4. The second-order valence-corrected chi connectivity index (χ2v) is 10.8. The maximum Gasteiger partial charge on any atom is 0.341 e. The van der Waals surface area contributed by atoms with E-state index in [0.717, 1.165) is 70.4 Å². The van der Waals surface area contributed by atoms with Crippen LogP contribution in [0.15, 0.2) is 30.3 Å². The number of ether oxygens (including phenoxy) is 1. The number of rotatable bonds is 3. The van der Waals surface area contributed by atoms with Crippen LogP contribution in [-0.2, 0) is 30.4 Å². The number of carbonyl (C=O) groups excluding carboxylic acids is 2. The molecule has 172 valence electrons. The number of nitrogens with zero attached hydrogens (tertiary/aromatic N) is 1. The van der Waals surface area contributed by atoms with Crippen LogP contribution in [-0.4, -0.2) is 24.0 Å². The van der Waals surface area contributed by atoms with Crippen LogP contribution < -0.4 is 11.1 Å². The first-order valence-corrected chi connectivity index (χ1v) is 13.0. The van der Waals surface area contributed by atoms with E-state index in [0.29, 0.717) is 21.1 Å². The minimum atomic E-state index is -0.455. The van der Waals surface area contributed by atoms with E-state index in [-0.39, 0.29) is 5.91 Å². The molecule has 1 aromatic carbocycles. The van der Waals surface area contributed by atoms with Crippen LogP contribution >= 0.6 is 22.7 Å². The number of carbonyl (C=O) groups is 2. The van der Waals surface area contributed by atoms with Crippen LogP contribution in [0.3, 0.4) is 0 Å². The van der Waals surface area contributed by atoms with Crippen LogP contribution in [0.1, 0.15) is 54.6 Å². The number of amides is 1. The molecule has 3 heterocycles. The summed E-state index contributed by atoms with van der Waals surface area (Å²) in [7, 11) is 1.37. The van der Waals surface area contributed by atoms with E-state index >= 15 is 0 Å². The van der Waals surface area contributed by atoms with Crippen molar-refractivity contribution in [2.75, 3.05) is 18.2 Å². The van der Waals surface area contributed by atoms with Gasteiger partial charge in [-0.25, -0.2) is 9.78 Å². The van der Waals surface area contributed by atoms with Crippen molar-refractivity contribution in [3.8, 4) is 11.1 Å². The van der Waals surface area contributed by atoms with E-state index in [2.05, 4.69) is 17.4 Å². The predicted octanol–water partition coefficient (Wildman–Crippen LogP) is 5.62. The number of anilines is 2. The Labute approximate surface area is 204 Å². The quantitative estimate of drug-likeness (QED) is 0.364. The van der Waals surface area contributed by atoms with Crippen LogP contribution in [0.25, 0.3) is 21.3 Å². The van der Waals surface area contributed by atoms with Gasteiger partial charge in [0.15, 0.2) is 0 Å². The largest absolute Gasteiger partial charge is 0.465 e. The summed E-state index contributed by atoms with van der Waals surface area (Å²) in [6, 6.07) is 10.2. The van der Waals surface area contributed by atoms with Crippen LogP contribution in [0, 0.1) is 0 Å². The highest BCUT2D eigenvalue weighted by Crippen LogP contribution is 2.46. The van der Waals surface area contributed by atoms with Gasteiger partial charge in [0.1, 0.15) is 20.3 Å². The lowest BCUT2D eigenvalue weighted by Crippen LogP contribution is -2.14. The van der Waals surface area contributed by atoms with Gasteiger partial charge in [0.25, 0.3) is 5.91 Å². The van der Waals surface area contributed by atoms with Gasteiger partial charge in [-0.15, -0.1) is 22.7 Å². The molecular weight excluding hydrogens is 466 g/mol. The second kappa shape index (κ2) is 8.21. The van der Waals surface area contributed by atoms with Crippen molar-refractivity contribution < 1.29 is 14.3 Å². The number of thiophene rings is 2. The molecule has 0 radical (unpaired) electrons. The zero-order valence-corrected chi connectivity index (χ0v) is 20.3. The third-order valence-corrected chi connectivity index (χ3v) is 8.99. The van der Waals surface area contributed by atoms with Crippen molar-refractivity contribution in [2.45, 2.75) is 38.5 Å². The molecule has 6 nitrogen and oxygen atoms in total. The number of aryl methyl sites for hydroxylation is 4. The molecule has 0 fully saturated rings. The summed E-state index contributed by atoms with van der Waals surface area (Å²) in [4.78, 5) is 33.3. The lowest BCUT2D eigenvalue weighted by molar-refractivity contribution is 0.0603. The highest BCUT2D eigenvalue weighted by atomic mass is 32.1. The number of fused-ring (bicyclic) bond motifs is 5. The van der Waals surface area contributed by atoms with Gasteiger partial charge in [0.05, 0.1) is 12.8 Å². The number of hydrogen-bond acceptors (Lipinski definition) is 7. The van der Waals surface area contributed by atoms with E-state index in [1.807, 2.05) is 18.2 Å². The number of pyridine rings is 1. The van der Waals surface area contributed by atoms with Crippen molar-refractivity contribution in [3.05, 3.63) is 62.5 Å². The maximum absolute atomic E-state index is 13.4. The minimum Gasteiger partial charge on any atom is -0.465 e. The number of nitrogens with one attached hydrogen (secondary N) is 1. The molecule has 4 aromatic rings. The summed E-state index contributed by atoms with van der Waals surface area (Å²) >= 11 is 2.75. The molecule has 0 saturated heterocycles. The highest BCUT2D eigenvalue weighted by Gasteiger charge is 2.31. The summed E-state index contributed by atoms with van der Waals surface area (Å²) in [5, 5.41) is 4.32. The van der Waals surface area contributed by atoms with E-state index in [4.69, 9.17) is 15.5 Å². The van der Waals surface area contributed by atoms with Crippen molar-refractivity contribution in [1.82, 2.24) is 4.98 Å². The van der Waals surface area contributed by atoms with Gasteiger partial charge >= 0.3 is 5.97 Å². The smallest absolute Gasteiger partial charge is 0.341 e. The third kappa shape index (κ3) is 3.32. The van der Waals surface area contributed by atoms with Crippen LogP contribution in [0.5, 0.6) is 0 Å². The normalized spacial score (nSPS) is 14.3. The first-order chi connectivity index (χ1) is 16.5. The molecule has 0 bridgehead atoms. The van der Waals surface area contributed by atoms with E-state index in [9.17, 15) is 9.59 Å². The van der Waals surface area contributed by atoms with Gasteiger partial charge in [-0.3, -0.25) is 4.79 Å². The van der Waals surface area contributed by atoms with Gasteiger partial charge in [-0.1, -0.05) is 24.3 Å². The Hall–Kier alpha value is -3.23. The average molecular weight is 490 g/mol. The van der Waals surface area contributed by atoms with Gasteiger partial charge < -0.3 is 15.8 Å². The zero-order valence-electron chi connectivity index (χ0n) is 18.7. The number of aromatic nitrogens is 1. The molecule has 0 aliphatic heterocycles. The lowest BCUT2D eigenvalue weighted by Gasteiger charge is -2.17. The summed E-state index contributed by atoms with van der Waals surface area (Å²) in [6.45, 7) is 0. The Bertz CT molecular complexity index is 1480. The van der Waals surface area contributed by atoms with E-state index in [1.165, 1.54) is 40.9 Å². The van der Waals surface area contributed by atoms with Gasteiger partial charge in [-0.05, 0) is 61.3 Å². The van der Waals surface area contributed by atoms with Crippen molar-refractivity contribution in [1.29, 1.82) is 0 Å². The van der Waals surface area contributed by atoms with Gasteiger partial charge in [0.2, 0.25) is 0 Å². The fourth-order valence-corrected chi connectivity index (χ4v) is 7.23. The number of nitrogen functional groups attached to an aromatic ring is 1. The molecule has 2 aliphatic rings. The van der Waals surface area contributed by atoms with E-state index in [1.54, 1.807) is 0 Å². The molecule has 2 aliphatic carbocycles. The first-order valence-electron chi connectivity index (χ1n) is 11.4. The Morgan fingerprint density at radius 1 is 1.06 bits per heavy atom. The molecule has 0 saturated carbocycles. The Kier molecular flexibility index (Phi) is 5.15. The number of methoxy groups -OCH3 is 1. The second-order valence-electron chi connectivity index (χ2n) is 8.71. The molecule has 3 aromatic heterocycles. The fraction of sp³-hybridized carbons (Fsp3) is 0.269. The molecule has 34 heavy (non-hydrogen) atoms. The summed E-state index contributed by atoms with van der Waals surface area (Å²) in [5.74, 6) is -0.779. The number of nitrogens with two attached hydrogens (primary N) is 1. The molecule has 1 amide bonds. The third-order valence-electron chi connectivity index (χ3n) is 6.71. The Morgan fingerprint density at radius 3 is 2.74 bits per heavy atom. The zero-order chi connectivity index (χ0) is 23.4. The fourth-order valence-electron chi connectivity index (χ4n) is 5.04. The minimum absolute atomic E-state index is 0.324. The molecule has 0 spiro atoms. The standard InChI is InChI=1S/C26H23N3O3S2/c1-32-26(31)20-19-15-8-4-2-6-13(15)10-11-18(19)33-25(20)29-23(30)22-21(27)16-12-14-7-3-5-9-17(14)28-24(16)34-22/h2,4,6,8,12H,3,5,7,9-11,27H2,1H3,(H,29,30). The SMILES string of the molecule is COC(=O)c1c(NC(=O)c2sc3nc4c(cc3c2N)CCCC4)sc2c1-c1ccccc1CC2. The first kappa shape index (κ1) is 21.3. The molecular formula is C26H23N3O3S2. The van der Waals surface area contributed by atoms with Gasteiger partial charge in [0, 0.05) is 21.5 Å². The monoisotopic (exact) mass is 489 g/mol. The molecule has 3 N–H and O–H groups in total. The summed E-state index contributed by atoms with van der Waals surface area (Å²) in [6.07, 6.45) is 5.98. The Morgan fingerprint density at radius 2 is 1.88 bits per heavy atom. The Balaban J connectivity index is 1.41. The molecule has 6 rings (SSSR count). The summed E-state index contributed by atoms with van der Waals surface area (Å²) < 4.78 is 5.12. The number of esters is 1. The van der Waals surface area contributed by atoms with Crippen LogP contribution in [0.4, 0.5) is 10.7 Å². The van der Waals surface area contributed by atoms with Crippen LogP contribution in [0.2, 0.25) is 0 Å². The van der Waals surface area contributed by atoms with Crippen molar-refractivity contribution >= 4 is 55.5 Å². The number of hydrogen-bond donors (Lipinski definition) is 2. The van der Waals surface area contributed by atoms with E-state index < -0.39 is 5.97 Å².